The summed E-state index contributed by atoms with van der Waals surface area (Å²) >= 11 is 0. The lowest BCUT2D eigenvalue weighted by atomic mass is 9.86. The highest BCUT2D eigenvalue weighted by Crippen LogP contribution is 2.39. The average Bonchev–Trinajstić information content (AvgIpc) is 2.84. The van der Waals surface area contributed by atoms with E-state index in [1.54, 1.807) is 49.8 Å². The Hall–Kier alpha value is -2.79. The summed E-state index contributed by atoms with van der Waals surface area (Å²) in [6.45, 7) is 2.24. The maximum atomic E-state index is 15.4. The fraction of sp³-hybridized carbons (Fsp3) is 0.385. The van der Waals surface area contributed by atoms with Crippen LogP contribution >= 0.6 is 0 Å². The molecule has 7 nitrogen and oxygen atoms in total. The third-order valence-corrected chi connectivity index (χ3v) is 9.47. The van der Waals surface area contributed by atoms with Gasteiger partial charge in [0.05, 0.1) is 24.4 Å². The molecule has 5 rings (SSSR count). The molecule has 2 aliphatic heterocycles. The minimum absolute atomic E-state index is 0.00436. The molecule has 3 heterocycles. The van der Waals surface area contributed by atoms with Crippen molar-refractivity contribution in [2.24, 2.45) is 0 Å². The largest absolute Gasteiger partial charge is 0.377 e. The van der Waals surface area contributed by atoms with Gasteiger partial charge in [0.25, 0.3) is 0 Å². The number of nitrogens with one attached hydrogen (secondary N) is 1. The second-order valence-corrected chi connectivity index (χ2v) is 11.5. The lowest BCUT2D eigenvalue weighted by Crippen LogP contribution is -2.57. The summed E-state index contributed by atoms with van der Waals surface area (Å²) in [5.74, 6) is -1.26. The fourth-order valence-corrected chi connectivity index (χ4v) is 7.12. The van der Waals surface area contributed by atoms with Crippen molar-refractivity contribution < 1.29 is 21.9 Å². The Kier molecular flexibility index (Phi) is 6.86. The predicted molar refractivity (Wildman–Crippen MR) is 130 cm³/mol. The fourth-order valence-electron chi connectivity index (χ4n) is 4.94. The maximum absolute atomic E-state index is 15.4. The van der Waals surface area contributed by atoms with E-state index >= 15 is 8.78 Å². The van der Waals surface area contributed by atoms with E-state index in [1.807, 2.05) is 6.07 Å². The van der Waals surface area contributed by atoms with Crippen LogP contribution < -0.4 is 5.32 Å². The summed E-state index contributed by atoms with van der Waals surface area (Å²) in [5.41, 5.74) is 0.625. The first-order chi connectivity index (χ1) is 17.3. The number of ether oxygens (including phenoxy) is 1. The highest BCUT2D eigenvalue weighted by atomic mass is 32.2. The molecule has 0 bridgehead atoms. The zero-order chi connectivity index (χ0) is 25.3. The maximum Gasteiger partial charge on any atom is 0.221 e. The van der Waals surface area contributed by atoms with Gasteiger partial charge in [0.1, 0.15) is 16.9 Å². The Balaban J connectivity index is 1.39. The molecular weight excluding hydrogens is 486 g/mol. The summed E-state index contributed by atoms with van der Waals surface area (Å²) in [4.78, 5) is 8.23. The van der Waals surface area contributed by atoms with Gasteiger partial charge in [-0.05, 0) is 37.5 Å². The quantitative estimate of drug-likeness (QED) is 0.516. The molecule has 0 amide bonds. The van der Waals surface area contributed by atoms with Crippen LogP contribution in [0.4, 0.5) is 8.78 Å². The molecule has 0 spiro atoms. The number of hydrogen-bond acceptors (Lipinski definition) is 6. The van der Waals surface area contributed by atoms with Crippen molar-refractivity contribution in [3.8, 4) is 0 Å². The zero-order valence-electron chi connectivity index (χ0n) is 19.9. The van der Waals surface area contributed by atoms with E-state index in [1.165, 1.54) is 4.31 Å². The Bertz CT molecular complexity index is 1320. The number of rotatable bonds is 7. The van der Waals surface area contributed by atoms with Gasteiger partial charge in [-0.25, -0.2) is 17.2 Å². The SMILES string of the molecule is C[C@H]1CC[C@H](c2ccccc2)S(=O)(=O)N1Cc1cc(F)c(C2(NCc3cnccn3)COC2)cc1F. The first kappa shape index (κ1) is 24.9. The van der Waals surface area contributed by atoms with Crippen molar-refractivity contribution in [3.05, 3.63) is 95.1 Å². The normalized spacial score (nSPS) is 23.2. The standard InChI is InChI=1S/C26H28F2N4O3S/c1-18-7-8-25(19-5-3-2-4-6-19)36(33,34)32(18)15-20-11-24(28)22(12-23(20)27)26(16-35-17-26)31-14-21-13-29-9-10-30-21/h2-6,9-13,18,25,31H,7-8,14-17H2,1H3/t18-,25+/m0/s1. The predicted octanol–water partition coefficient (Wildman–Crippen LogP) is 3.83. The molecule has 1 aromatic heterocycles. The molecule has 2 saturated heterocycles. The minimum Gasteiger partial charge on any atom is -0.377 e. The molecule has 1 N–H and O–H groups in total. The Morgan fingerprint density at radius 3 is 2.56 bits per heavy atom. The first-order valence-corrected chi connectivity index (χ1v) is 13.4. The van der Waals surface area contributed by atoms with Gasteiger partial charge in [-0.15, -0.1) is 0 Å². The molecule has 190 valence electrons. The molecule has 2 aliphatic rings. The lowest BCUT2D eigenvalue weighted by Gasteiger charge is -2.43. The number of halogens is 2. The van der Waals surface area contributed by atoms with Crippen molar-refractivity contribution in [1.29, 1.82) is 0 Å². The number of hydrogen-bond donors (Lipinski definition) is 1. The first-order valence-electron chi connectivity index (χ1n) is 11.9. The molecule has 2 fully saturated rings. The third kappa shape index (κ3) is 4.66. The molecule has 0 unspecified atom stereocenters. The minimum atomic E-state index is -3.77. The lowest BCUT2D eigenvalue weighted by molar-refractivity contribution is -0.0815. The van der Waals surface area contributed by atoms with Crippen LogP contribution in [0.1, 0.15) is 47.4 Å². The van der Waals surface area contributed by atoms with Gasteiger partial charge < -0.3 is 4.74 Å². The third-order valence-electron chi connectivity index (χ3n) is 7.10. The highest BCUT2D eigenvalue weighted by molar-refractivity contribution is 7.89. The summed E-state index contributed by atoms with van der Waals surface area (Å²) in [7, 11) is -3.77. The summed E-state index contributed by atoms with van der Waals surface area (Å²) in [6.07, 6.45) is 5.84. The van der Waals surface area contributed by atoms with Crippen molar-refractivity contribution in [2.45, 2.75) is 49.7 Å². The van der Waals surface area contributed by atoms with Crippen LogP contribution in [-0.2, 0) is 33.4 Å². The molecule has 36 heavy (non-hydrogen) atoms. The Labute approximate surface area is 209 Å². The molecular formula is C26H28F2N4O3S. The van der Waals surface area contributed by atoms with Gasteiger partial charge in [0.2, 0.25) is 10.0 Å². The summed E-state index contributed by atoms with van der Waals surface area (Å²) in [6, 6.07) is 11.0. The number of benzene rings is 2. The van der Waals surface area contributed by atoms with Gasteiger partial charge in [-0.3, -0.25) is 15.3 Å². The van der Waals surface area contributed by atoms with Crippen LogP contribution in [0.3, 0.4) is 0 Å². The number of nitrogens with zero attached hydrogens (tertiary/aromatic N) is 3. The summed E-state index contributed by atoms with van der Waals surface area (Å²) < 4.78 is 64.4. The van der Waals surface area contributed by atoms with E-state index in [-0.39, 0.29) is 36.9 Å². The molecule has 2 atom stereocenters. The van der Waals surface area contributed by atoms with Crippen LogP contribution in [0.2, 0.25) is 0 Å². The van der Waals surface area contributed by atoms with E-state index in [0.717, 1.165) is 12.1 Å². The van der Waals surface area contributed by atoms with E-state index in [0.29, 0.717) is 30.6 Å². The van der Waals surface area contributed by atoms with Crippen molar-refractivity contribution >= 4 is 10.0 Å². The van der Waals surface area contributed by atoms with Gasteiger partial charge in [-0.2, -0.15) is 4.31 Å². The van der Waals surface area contributed by atoms with Crippen LogP contribution in [-0.4, -0.2) is 41.9 Å². The smallest absolute Gasteiger partial charge is 0.221 e. The van der Waals surface area contributed by atoms with Crippen molar-refractivity contribution in [2.75, 3.05) is 13.2 Å². The van der Waals surface area contributed by atoms with Crippen LogP contribution in [0.25, 0.3) is 0 Å². The molecule has 0 saturated carbocycles. The highest BCUT2D eigenvalue weighted by Gasteiger charge is 2.44. The van der Waals surface area contributed by atoms with Crippen LogP contribution in [0, 0.1) is 11.6 Å². The van der Waals surface area contributed by atoms with Gasteiger partial charge in [-0.1, -0.05) is 30.3 Å². The van der Waals surface area contributed by atoms with E-state index in [2.05, 4.69) is 15.3 Å². The topological polar surface area (TPSA) is 84.4 Å². The monoisotopic (exact) mass is 514 g/mol. The Morgan fingerprint density at radius 2 is 1.89 bits per heavy atom. The zero-order valence-corrected chi connectivity index (χ0v) is 20.7. The molecule has 2 aromatic carbocycles. The molecule has 0 radical (unpaired) electrons. The van der Waals surface area contributed by atoms with E-state index in [4.69, 9.17) is 4.74 Å². The molecule has 0 aliphatic carbocycles. The Morgan fingerprint density at radius 1 is 1.11 bits per heavy atom. The van der Waals surface area contributed by atoms with Crippen LogP contribution in [0.15, 0.2) is 61.1 Å². The van der Waals surface area contributed by atoms with Crippen LogP contribution in [0.5, 0.6) is 0 Å². The van der Waals surface area contributed by atoms with Gasteiger partial charge in [0, 0.05) is 48.8 Å². The second-order valence-electron chi connectivity index (χ2n) is 9.46. The number of sulfonamides is 1. The second kappa shape index (κ2) is 9.93. The van der Waals surface area contributed by atoms with Crippen molar-refractivity contribution in [1.82, 2.24) is 19.6 Å². The molecule has 10 heteroatoms. The van der Waals surface area contributed by atoms with E-state index in [9.17, 15) is 8.42 Å². The number of aromatic nitrogens is 2. The van der Waals surface area contributed by atoms with Crippen molar-refractivity contribution in [3.63, 3.8) is 0 Å². The van der Waals surface area contributed by atoms with E-state index < -0.39 is 32.4 Å². The summed E-state index contributed by atoms with van der Waals surface area (Å²) in [5, 5.41) is 2.53. The van der Waals surface area contributed by atoms with Gasteiger partial charge in [0.15, 0.2) is 0 Å². The van der Waals surface area contributed by atoms with Gasteiger partial charge >= 0.3 is 0 Å². The molecule has 3 aromatic rings. The average molecular weight is 515 g/mol.